The van der Waals surface area contributed by atoms with Crippen molar-refractivity contribution in [2.75, 3.05) is 0 Å². The van der Waals surface area contributed by atoms with Gasteiger partial charge in [-0.2, -0.15) is 16.3 Å². The lowest BCUT2D eigenvalue weighted by Gasteiger charge is -2.17. The highest BCUT2D eigenvalue weighted by Gasteiger charge is 2.25. The molecule has 2 heterocycles. The summed E-state index contributed by atoms with van der Waals surface area (Å²) in [6.07, 6.45) is 0.781. The van der Waals surface area contributed by atoms with Crippen LogP contribution >= 0.6 is 11.3 Å². The van der Waals surface area contributed by atoms with Gasteiger partial charge in [-0.3, -0.25) is 4.79 Å². The molecular weight excluding hydrogens is 353 g/mol. The van der Waals surface area contributed by atoms with Gasteiger partial charge in [0.15, 0.2) is 5.82 Å². The van der Waals surface area contributed by atoms with E-state index in [0.717, 1.165) is 11.1 Å². The van der Waals surface area contributed by atoms with Crippen LogP contribution in [0.1, 0.15) is 17.8 Å². The van der Waals surface area contributed by atoms with Crippen LogP contribution in [0.5, 0.6) is 0 Å². The Labute approximate surface area is 154 Å². The van der Waals surface area contributed by atoms with Crippen molar-refractivity contribution in [3.8, 4) is 11.5 Å². The van der Waals surface area contributed by atoms with E-state index in [2.05, 4.69) is 15.5 Å². The van der Waals surface area contributed by atoms with Crippen molar-refractivity contribution in [1.82, 2.24) is 15.5 Å². The molecule has 0 saturated heterocycles. The van der Waals surface area contributed by atoms with Gasteiger partial charge in [-0.15, -0.1) is 0 Å². The van der Waals surface area contributed by atoms with E-state index < -0.39 is 13.1 Å². The molecule has 0 bridgehead atoms. The standard InChI is InChI=1S/C17H18BN3O4S/c22-16(19-14(18(23)24)10-12-8-9-26-11-12)7-6-15-20-17(25-21-15)13-4-2-1-3-5-13/h1-5,8-9,11,14,23-24H,6-7,10H2,(H,19,22)/t14-/m0/s1. The topological polar surface area (TPSA) is 108 Å². The highest BCUT2D eigenvalue weighted by Crippen LogP contribution is 2.16. The van der Waals surface area contributed by atoms with Gasteiger partial charge < -0.3 is 19.9 Å². The van der Waals surface area contributed by atoms with Gasteiger partial charge >= 0.3 is 7.12 Å². The van der Waals surface area contributed by atoms with Crippen molar-refractivity contribution in [2.24, 2.45) is 0 Å². The number of carbonyl (C=O) groups excluding carboxylic acids is 1. The molecule has 1 atom stereocenters. The van der Waals surface area contributed by atoms with Crippen LogP contribution in [0.25, 0.3) is 11.5 Å². The lowest BCUT2D eigenvalue weighted by molar-refractivity contribution is -0.121. The van der Waals surface area contributed by atoms with E-state index in [4.69, 9.17) is 4.52 Å². The maximum absolute atomic E-state index is 12.1. The van der Waals surface area contributed by atoms with Crippen molar-refractivity contribution < 1.29 is 19.4 Å². The van der Waals surface area contributed by atoms with E-state index in [-0.39, 0.29) is 12.3 Å². The van der Waals surface area contributed by atoms with Gasteiger partial charge in [0.1, 0.15) is 0 Å². The maximum atomic E-state index is 12.1. The van der Waals surface area contributed by atoms with E-state index in [0.29, 0.717) is 24.6 Å². The molecule has 134 valence electrons. The molecule has 26 heavy (non-hydrogen) atoms. The fourth-order valence-corrected chi connectivity index (χ4v) is 3.13. The lowest BCUT2D eigenvalue weighted by Crippen LogP contribution is -2.47. The Morgan fingerprint density at radius 3 is 2.77 bits per heavy atom. The minimum absolute atomic E-state index is 0.126. The number of aryl methyl sites for hydroxylation is 1. The Balaban J connectivity index is 1.52. The molecule has 9 heteroatoms. The van der Waals surface area contributed by atoms with E-state index in [1.54, 1.807) is 0 Å². The number of amides is 1. The molecular formula is C17H18BN3O4S. The van der Waals surface area contributed by atoms with Crippen LogP contribution in [0.2, 0.25) is 0 Å². The first-order valence-electron chi connectivity index (χ1n) is 8.16. The predicted octanol–water partition coefficient (Wildman–Crippen LogP) is 1.47. The van der Waals surface area contributed by atoms with Crippen LogP contribution in [0.15, 0.2) is 51.7 Å². The molecule has 0 aliphatic rings. The van der Waals surface area contributed by atoms with Crippen LogP contribution in [0.4, 0.5) is 0 Å². The summed E-state index contributed by atoms with van der Waals surface area (Å²) < 4.78 is 5.20. The summed E-state index contributed by atoms with van der Waals surface area (Å²) in [6, 6.07) is 11.3. The second kappa shape index (κ2) is 8.75. The average molecular weight is 371 g/mol. The van der Waals surface area contributed by atoms with Crippen molar-refractivity contribution in [2.45, 2.75) is 25.2 Å². The Morgan fingerprint density at radius 1 is 1.27 bits per heavy atom. The van der Waals surface area contributed by atoms with E-state index in [1.807, 2.05) is 47.2 Å². The molecule has 1 aromatic carbocycles. The average Bonchev–Trinajstić information content (AvgIpc) is 3.32. The largest absolute Gasteiger partial charge is 0.475 e. The minimum atomic E-state index is -1.63. The number of nitrogens with zero attached hydrogens (tertiary/aromatic N) is 2. The molecule has 0 aliphatic carbocycles. The van der Waals surface area contributed by atoms with Crippen molar-refractivity contribution in [1.29, 1.82) is 0 Å². The molecule has 3 rings (SSSR count). The third kappa shape index (κ3) is 5.01. The lowest BCUT2D eigenvalue weighted by atomic mass is 9.76. The second-order valence-corrected chi connectivity index (χ2v) is 6.59. The SMILES string of the molecule is O=C(CCc1noc(-c2ccccc2)n1)N[C@@H](Cc1ccsc1)B(O)O. The summed E-state index contributed by atoms with van der Waals surface area (Å²) in [5, 5.41) is 29.3. The molecule has 3 N–H and O–H groups in total. The minimum Gasteiger partial charge on any atom is -0.426 e. The predicted molar refractivity (Wildman–Crippen MR) is 98.2 cm³/mol. The molecule has 0 fully saturated rings. The number of hydrogen-bond donors (Lipinski definition) is 3. The third-order valence-electron chi connectivity index (χ3n) is 3.81. The van der Waals surface area contributed by atoms with Crippen molar-refractivity contribution >= 4 is 24.4 Å². The Morgan fingerprint density at radius 2 is 2.08 bits per heavy atom. The quantitative estimate of drug-likeness (QED) is 0.518. The molecule has 7 nitrogen and oxygen atoms in total. The van der Waals surface area contributed by atoms with Gasteiger partial charge in [0, 0.05) is 18.4 Å². The Hall–Kier alpha value is -2.49. The number of hydrogen-bond acceptors (Lipinski definition) is 7. The van der Waals surface area contributed by atoms with Crippen molar-refractivity contribution in [3.05, 3.63) is 58.5 Å². The fraction of sp³-hybridized carbons (Fsp3) is 0.235. The first-order chi connectivity index (χ1) is 12.6. The number of benzene rings is 1. The Kier molecular flexibility index (Phi) is 6.16. The van der Waals surface area contributed by atoms with Crippen LogP contribution in [0.3, 0.4) is 0 Å². The van der Waals surface area contributed by atoms with E-state index >= 15 is 0 Å². The van der Waals surface area contributed by atoms with Crippen molar-refractivity contribution in [3.63, 3.8) is 0 Å². The molecule has 0 aliphatic heterocycles. The summed E-state index contributed by atoms with van der Waals surface area (Å²) in [6.45, 7) is 0. The van der Waals surface area contributed by atoms with Gasteiger partial charge in [-0.25, -0.2) is 0 Å². The number of nitrogens with one attached hydrogen (secondary N) is 1. The Bertz CT molecular complexity index is 824. The normalized spacial score (nSPS) is 11.9. The third-order valence-corrected chi connectivity index (χ3v) is 4.54. The first-order valence-corrected chi connectivity index (χ1v) is 9.10. The molecule has 0 unspecified atom stereocenters. The smallest absolute Gasteiger partial charge is 0.426 e. The zero-order chi connectivity index (χ0) is 18.4. The van der Waals surface area contributed by atoms with Gasteiger partial charge in [-0.05, 0) is 40.9 Å². The fourth-order valence-electron chi connectivity index (χ4n) is 2.45. The summed E-state index contributed by atoms with van der Waals surface area (Å²) in [5.74, 6) is -0.230. The highest BCUT2D eigenvalue weighted by atomic mass is 32.1. The van der Waals surface area contributed by atoms with Gasteiger partial charge in [0.25, 0.3) is 5.89 Å². The molecule has 2 aromatic heterocycles. The van der Waals surface area contributed by atoms with E-state index in [9.17, 15) is 14.8 Å². The number of aromatic nitrogens is 2. The molecule has 1 amide bonds. The maximum Gasteiger partial charge on any atom is 0.475 e. The van der Waals surface area contributed by atoms with Crippen LogP contribution < -0.4 is 5.32 Å². The summed E-state index contributed by atoms with van der Waals surface area (Å²) in [7, 11) is -1.63. The van der Waals surface area contributed by atoms with Gasteiger partial charge in [0.05, 0.1) is 5.94 Å². The number of thiophene rings is 1. The summed E-state index contributed by atoms with van der Waals surface area (Å²) >= 11 is 1.52. The van der Waals surface area contributed by atoms with Gasteiger partial charge in [-0.1, -0.05) is 23.4 Å². The van der Waals surface area contributed by atoms with Gasteiger partial charge in [0.2, 0.25) is 5.91 Å². The van der Waals surface area contributed by atoms with Crippen LogP contribution in [0, 0.1) is 0 Å². The number of carbonyl (C=O) groups is 1. The summed E-state index contributed by atoms with van der Waals surface area (Å²) in [5.41, 5.74) is 1.76. The first kappa shape index (κ1) is 18.3. The van der Waals surface area contributed by atoms with Crippen LogP contribution in [-0.2, 0) is 17.6 Å². The second-order valence-electron chi connectivity index (χ2n) is 5.81. The molecule has 0 radical (unpaired) electrons. The molecule has 0 saturated carbocycles. The van der Waals surface area contributed by atoms with Crippen LogP contribution in [-0.4, -0.2) is 39.2 Å². The molecule has 0 spiro atoms. The monoisotopic (exact) mass is 371 g/mol. The highest BCUT2D eigenvalue weighted by molar-refractivity contribution is 7.07. The molecule has 3 aromatic rings. The summed E-state index contributed by atoms with van der Waals surface area (Å²) in [4.78, 5) is 16.4. The zero-order valence-electron chi connectivity index (χ0n) is 13.9. The zero-order valence-corrected chi connectivity index (χ0v) is 14.7. The number of rotatable bonds is 8. The van der Waals surface area contributed by atoms with E-state index in [1.165, 1.54) is 11.3 Å².